The van der Waals surface area contributed by atoms with Gasteiger partial charge in [0, 0.05) is 5.82 Å². The monoisotopic (exact) mass is 247 g/mol. The number of hydrogen-bond donors (Lipinski definition) is 1. The van der Waals surface area contributed by atoms with Crippen molar-refractivity contribution >= 4 is 19.5 Å². The van der Waals surface area contributed by atoms with Crippen LogP contribution in [-0.2, 0) is 9.31 Å². The molecule has 5 heteroatoms. The fourth-order valence-electron chi connectivity index (χ4n) is 2.26. The van der Waals surface area contributed by atoms with E-state index in [0.717, 1.165) is 13.1 Å². The number of halogens is 1. The Morgan fingerprint density at radius 2 is 1.56 bits per heavy atom. The normalized spacial score (nSPS) is 36.2. The highest BCUT2D eigenvalue weighted by Gasteiger charge is 2.55. The summed E-state index contributed by atoms with van der Waals surface area (Å²) in [6, 6.07) is 0. The first-order chi connectivity index (χ1) is 6.83. The van der Waals surface area contributed by atoms with Crippen LogP contribution in [0, 0.1) is 5.92 Å². The minimum absolute atomic E-state index is 0. The highest BCUT2D eigenvalue weighted by Crippen LogP contribution is 2.42. The molecule has 0 unspecified atom stereocenters. The molecule has 16 heavy (non-hydrogen) atoms. The highest BCUT2D eigenvalue weighted by molar-refractivity contribution is 6.47. The van der Waals surface area contributed by atoms with E-state index in [1.807, 2.05) is 0 Å². The van der Waals surface area contributed by atoms with Crippen LogP contribution in [0.15, 0.2) is 0 Å². The van der Waals surface area contributed by atoms with Gasteiger partial charge in [-0.1, -0.05) is 6.92 Å². The van der Waals surface area contributed by atoms with E-state index in [1.165, 1.54) is 0 Å². The van der Waals surface area contributed by atoms with Gasteiger partial charge < -0.3 is 14.6 Å². The predicted octanol–water partition coefficient (Wildman–Crippen LogP) is 2.11. The molecular weight excluding hydrogens is 224 g/mol. The first kappa shape index (κ1) is 14.3. The molecule has 94 valence electrons. The minimum Gasteiger partial charge on any atom is -0.403 e. The zero-order chi connectivity index (χ0) is 11.3. The van der Waals surface area contributed by atoms with Gasteiger partial charge in [0.05, 0.1) is 11.2 Å². The molecule has 0 saturated carbocycles. The third-order valence-corrected chi connectivity index (χ3v) is 4.20. The van der Waals surface area contributed by atoms with Crippen molar-refractivity contribution in [2.24, 2.45) is 5.92 Å². The minimum atomic E-state index is -0.194. The molecule has 0 aliphatic carbocycles. The van der Waals surface area contributed by atoms with Crippen LogP contribution < -0.4 is 5.32 Å². The second kappa shape index (κ2) is 4.49. The summed E-state index contributed by atoms with van der Waals surface area (Å²) in [5, 5.41) is 3.39. The van der Waals surface area contributed by atoms with Crippen molar-refractivity contribution in [1.82, 2.24) is 5.32 Å². The van der Waals surface area contributed by atoms with Crippen molar-refractivity contribution in [2.45, 2.75) is 51.6 Å². The van der Waals surface area contributed by atoms with E-state index in [1.54, 1.807) is 0 Å². The molecule has 1 N–H and O–H groups in total. The summed E-state index contributed by atoms with van der Waals surface area (Å²) in [6.45, 7) is 12.8. The third-order valence-electron chi connectivity index (χ3n) is 4.20. The largest absolute Gasteiger partial charge is 0.462 e. The molecule has 0 spiro atoms. The molecule has 2 aliphatic heterocycles. The number of hydrogen-bond acceptors (Lipinski definition) is 3. The van der Waals surface area contributed by atoms with Gasteiger partial charge in [-0.3, -0.25) is 0 Å². The Balaban J connectivity index is 0.00000128. The van der Waals surface area contributed by atoms with E-state index in [0.29, 0.717) is 11.7 Å². The molecule has 2 aliphatic rings. The number of rotatable bonds is 1. The van der Waals surface area contributed by atoms with Crippen LogP contribution >= 0.6 is 12.4 Å². The van der Waals surface area contributed by atoms with Crippen LogP contribution in [0.25, 0.3) is 0 Å². The van der Waals surface area contributed by atoms with Gasteiger partial charge in [0.2, 0.25) is 0 Å². The maximum absolute atomic E-state index is 6.06. The van der Waals surface area contributed by atoms with Crippen molar-refractivity contribution in [2.75, 3.05) is 13.1 Å². The van der Waals surface area contributed by atoms with Crippen molar-refractivity contribution in [3.8, 4) is 0 Å². The molecule has 2 fully saturated rings. The van der Waals surface area contributed by atoms with E-state index in [4.69, 9.17) is 9.31 Å². The predicted molar refractivity (Wildman–Crippen MR) is 69.1 cm³/mol. The van der Waals surface area contributed by atoms with Crippen LogP contribution in [-0.4, -0.2) is 31.4 Å². The van der Waals surface area contributed by atoms with Crippen LogP contribution in [0.5, 0.6) is 0 Å². The Labute approximate surface area is 105 Å². The van der Waals surface area contributed by atoms with Gasteiger partial charge in [-0.25, -0.2) is 0 Å². The Bertz CT molecular complexity index is 244. The second-order valence-corrected chi connectivity index (χ2v) is 5.92. The molecule has 2 rings (SSSR count). The smallest absolute Gasteiger partial charge is 0.403 e. The molecule has 0 bridgehead atoms. The van der Waals surface area contributed by atoms with E-state index in [9.17, 15) is 0 Å². The standard InChI is InChI=1S/C11H22BNO2.ClH/c1-8-6-13-7-9(8)12-14-10(2,3)11(4,5)15-12;/h8-9,13H,6-7H2,1-5H3;1H/t8-,9-;/m0./s1. The molecule has 2 saturated heterocycles. The summed E-state index contributed by atoms with van der Waals surface area (Å²) in [6.07, 6.45) is 0. The second-order valence-electron chi connectivity index (χ2n) is 5.92. The molecular formula is C11H23BClNO2. The fraction of sp³-hybridized carbons (Fsp3) is 1.00. The van der Waals surface area contributed by atoms with Gasteiger partial charge in [-0.15, -0.1) is 12.4 Å². The van der Waals surface area contributed by atoms with Crippen LogP contribution in [0.2, 0.25) is 5.82 Å². The summed E-state index contributed by atoms with van der Waals surface area (Å²) >= 11 is 0. The fourth-order valence-corrected chi connectivity index (χ4v) is 2.26. The summed E-state index contributed by atoms with van der Waals surface area (Å²) in [5.41, 5.74) is -0.389. The van der Waals surface area contributed by atoms with E-state index >= 15 is 0 Å². The maximum Gasteiger partial charge on any atom is 0.462 e. The Morgan fingerprint density at radius 1 is 1.06 bits per heavy atom. The average molecular weight is 248 g/mol. The van der Waals surface area contributed by atoms with Crippen molar-refractivity contribution in [1.29, 1.82) is 0 Å². The van der Waals surface area contributed by atoms with E-state index in [-0.39, 0.29) is 30.7 Å². The van der Waals surface area contributed by atoms with Crippen LogP contribution in [0.3, 0.4) is 0 Å². The lowest BCUT2D eigenvalue weighted by atomic mass is 9.67. The first-order valence-corrected chi connectivity index (χ1v) is 5.90. The zero-order valence-corrected chi connectivity index (χ0v) is 11.7. The molecule has 2 heterocycles. The average Bonchev–Trinajstić information content (AvgIpc) is 2.55. The van der Waals surface area contributed by atoms with Crippen molar-refractivity contribution in [3.63, 3.8) is 0 Å². The molecule has 0 radical (unpaired) electrons. The van der Waals surface area contributed by atoms with E-state index in [2.05, 4.69) is 39.9 Å². The van der Waals surface area contributed by atoms with Gasteiger partial charge in [0.1, 0.15) is 0 Å². The van der Waals surface area contributed by atoms with E-state index < -0.39 is 0 Å². The first-order valence-electron chi connectivity index (χ1n) is 5.90. The Morgan fingerprint density at radius 3 is 1.94 bits per heavy atom. The molecule has 0 amide bonds. The molecule has 3 nitrogen and oxygen atoms in total. The molecule has 0 aromatic heterocycles. The van der Waals surface area contributed by atoms with Crippen LogP contribution in [0.4, 0.5) is 0 Å². The van der Waals surface area contributed by atoms with Crippen LogP contribution in [0.1, 0.15) is 34.6 Å². The highest BCUT2D eigenvalue weighted by atomic mass is 35.5. The summed E-state index contributed by atoms with van der Waals surface area (Å²) in [5.74, 6) is 1.13. The van der Waals surface area contributed by atoms with Gasteiger partial charge in [-0.05, 0) is 46.7 Å². The SMILES string of the molecule is C[C@H]1CNC[C@@H]1B1OC(C)(C)C(C)(C)O1.Cl. The summed E-state index contributed by atoms with van der Waals surface area (Å²) < 4.78 is 12.1. The third kappa shape index (κ3) is 2.26. The lowest BCUT2D eigenvalue weighted by molar-refractivity contribution is 0.00578. The molecule has 0 aromatic carbocycles. The van der Waals surface area contributed by atoms with Gasteiger partial charge in [0.15, 0.2) is 0 Å². The maximum atomic E-state index is 6.06. The summed E-state index contributed by atoms with van der Waals surface area (Å²) in [7, 11) is -0.0417. The van der Waals surface area contributed by atoms with Gasteiger partial charge in [0.25, 0.3) is 0 Å². The van der Waals surface area contributed by atoms with Gasteiger partial charge in [-0.2, -0.15) is 0 Å². The Kier molecular flexibility index (Phi) is 4.01. The van der Waals surface area contributed by atoms with Crippen molar-refractivity contribution < 1.29 is 9.31 Å². The summed E-state index contributed by atoms with van der Waals surface area (Å²) in [4.78, 5) is 0. The lowest BCUT2D eigenvalue weighted by Crippen LogP contribution is -2.41. The Hall–Kier alpha value is 0.235. The van der Waals surface area contributed by atoms with Crippen molar-refractivity contribution in [3.05, 3.63) is 0 Å². The zero-order valence-electron chi connectivity index (χ0n) is 10.9. The topological polar surface area (TPSA) is 30.5 Å². The lowest BCUT2D eigenvalue weighted by Gasteiger charge is -2.32. The van der Waals surface area contributed by atoms with Gasteiger partial charge >= 0.3 is 7.12 Å². The molecule has 2 atom stereocenters. The quantitative estimate of drug-likeness (QED) is 0.720. The molecule has 0 aromatic rings. The number of nitrogens with one attached hydrogen (secondary N) is 1.